The molecule has 0 heterocycles. The van der Waals surface area contributed by atoms with Crippen molar-refractivity contribution >= 4 is 30.3 Å². The van der Waals surface area contributed by atoms with Gasteiger partial charge in [0.2, 0.25) is 0 Å². The van der Waals surface area contributed by atoms with Crippen LogP contribution in [0.5, 0.6) is 0 Å². The third-order valence-electron chi connectivity index (χ3n) is 1.42. The Balaban J connectivity index is 2.32. The summed E-state index contributed by atoms with van der Waals surface area (Å²) in [6, 6.07) is 10.0. The van der Waals surface area contributed by atoms with E-state index in [0.29, 0.717) is 6.61 Å². The summed E-state index contributed by atoms with van der Waals surface area (Å²) in [6.07, 6.45) is 3.92. The molecule has 1 nitrogen and oxygen atoms in total. The van der Waals surface area contributed by atoms with E-state index in [0.717, 1.165) is 5.56 Å². The maximum atomic E-state index is 5.58. The topological polar surface area (TPSA) is 9.23 Å². The zero-order valence-corrected chi connectivity index (χ0v) is 10.6. The van der Waals surface area contributed by atoms with E-state index in [1.165, 1.54) is 4.80 Å². The van der Waals surface area contributed by atoms with E-state index in [-0.39, 0.29) is 0 Å². The van der Waals surface area contributed by atoms with Crippen molar-refractivity contribution in [3.8, 4) is 0 Å². The summed E-state index contributed by atoms with van der Waals surface area (Å²) in [5.41, 5.74) is 1.15. The summed E-state index contributed by atoms with van der Waals surface area (Å²) in [5, 5.41) is 0. The molecule has 1 aromatic carbocycles. The first kappa shape index (κ1) is 12.1. The minimum absolute atomic E-state index is 0.513. The van der Waals surface area contributed by atoms with Gasteiger partial charge in [-0.1, -0.05) is 0 Å². The third kappa shape index (κ3) is 5.67. The molecule has 0 aliphatic rings. The van der Waals surface area contributed by atoms with Crippen LogP contribution >= 0.6 is 19.4 Å². The molecule has 0 saturated carbocycles. The van der Waals surface area contributed by atoms with Crippen LogP contribution in [0.4, 0.5) is 0 Å². The minimum atomic E-state index is -1.76. The molecule has 0 aliphatic heterocycles. The van der Waals surface area contributed by atoms with Crippen LogP contribution < -0.4 is 0 Å². The van der Waals surface area contributed by atoms with Crippen molar-refractivity contribution in [2.75, 3.05) is 6.61 Å². The first-order chi connectivity index (χ1) is 6.79. The Morgan fingerprint density at radius 1 is 1.21 bits per heavy atom. The van der Waals surface area contributed by atoms with Crippen LogP contribution in [0.2, 0.25) is 0 Å². The molecular weight excluding hydrogens is 308 g/mol. The van der Waals surface area contributed by atoms with Gasteiger partial charge in [0.05, 0.1) is 0 Å². The molecule has 0 aromatic heterocycles. The number of rotatable bonds is 4. The van der Waals surface area contributed by atoms with Gasteiger partial charge in [-0.15, -0.1) is 0 Å². The van der Waals surface area contributed by atoms with E-state index in [1.54, 1.807) is 0 Å². The summed E-state index contributed by atoms with van der Waals surface area (Å²) in [4.78, 5) is 1.53. The molecule has 0 spiro atoms. The van der Waals surface area contributed by atoms with Crippen molar-refractivity contribution in [3.05, 3.63) is 42.0 Å². The van der Waals surface area contributed by atoms with E-state index in [2.05, 4.69) is 0 Å². The Labute approximate surface area is 96.8 Å². The van der Waals surface area contributed by atoms with Crippen molar-refractivity contribution < 1.29 is 18.3 Å². The average Bonchev–Trinajstić information content (AvgIpc) is 2.18. The van der Waals surface area contributed by atoms with Crippen molar-refractivity contribution in [3.63, 3.8) is 0 Å². The van der Waals surface area contributed by atoms with Crippen molar-refractivity contribution in [1.82, 2.24) is 0 Å². The van der Waals surface area contributed by atoms with Gasteiger partial charge in [-0.3, -0.25) is 0 Å². The fourth-order valence-corrected chi connectivity index (χ4v) is 1.80. The van der Waals surface area contributed by atoms with Gasteiger partial charge in [0, 0.05) is 0 Å². The molecule has 1 aromatic rings. The molecule has 0 unspecified atom stereocenters. The van der Waals surface area contributed by atoms with E-state index in [1.807, 2.05) is 42.5 Å². The monoisotopic (exact) mass is 318 g/mol. The standard InChI is InChI=1S/C10H10O.2ClH.Ru/c1-11-9-5-8-10-6-3-2-4-7-10;;;/h1-8H,9H2;2*1H;/q;;;+2/p-2. The van der Waals surface area contributed by atoms with Gasteiger partial charge in [-0.25, -0.2) is 0 Å². The summed E-state index contributed by atoms with van der Waals surface area (Å²) >= 11 is -1.76. The molecule has 0 fully saturated rings. The number of ether oxygens (including phenoxy) is 1. The number of halogens is 2. The molecule has 0 amide bonds. The quantitative estimate of drug-likeness (QED) is 0.611. The first-order valence-corrected chi connectivity index (χ1v) is 9.42. The zero-order chi connectivity index (χ0) is 10.2. The predicted molar refractivity (Wildman–Crippen MR) is 59.2 cm³/mol. The van der Waals surface area contributed by atoms with E-state index < -0.39 is 13.5 Å². The molecule has 14 heavy (non-hydrogen) atoms. The Kier molecular flexibility index (Phi) is 6.30. The van der Waals surface area contributed by atoms with Gasteiger partial charge in [-0.2, -0.15) is 0 Å². The fourth-order valence-electron chi connectivity index (χ4n) is 0.882. The normalized spacial score (nSPS) is 11.7. The number of benzene rings is 1. The van der Waals surface area contributed by atoms with Gasteiger partial charge in [0.25, 0.3) is 0 Å². The molecule has 4 heteroatoms. The van der Waals surface area contributed by atoms with Crippen LogP contribution in [0.1, 0.15) is 5.56 Å². The fraction of sp³-hybridized carbons (Fsp3) is 0.100. The number of hydrogen-bond donors (Lipinski definition) is 0. The van der Waals surface area contributed by atoms with E-state index >= 15 is 0 Å². The number of hydrogen-bond acceptors (Lipinski definition) is 1. The average molecular weight is 318 g/mol. The Bertz CT molecular complexity index is 318. The summed E-state index contributed by atoms with van der Waals surface area (Å²) in [5.74, 6) is 0. The van der Waals surface area contributed by atoms with Gasteiger partial charge < -0.3 is 0 Å². The zero-order valence-electron chi connectivity index (χ0n) is 7.34. The summed E-state index contributed by atoms with van der Waals surface area (Å²) in [7, 11) is 11.2. The van der Waals surface area contributed by atoms with Gasteiger partial charge in [-0.05, 0) is 0 Å². The second-order valence-electron chi connectivity index (χ2n) is 2.43. The summed E-state index contributed by atoms with van der Waals surface area (Å²) in [6.45, 7) is 0.513. The Hall–Kier alpha value is -0.00662. The molecule has 78 valence electrons. The molecule has 0 bridgehead atoms. The van der Waals surface area contributed by atoms with Crippen LogP contribution in [0, 0.1) is 0 Å². The van der Waals surface area contributed by atoms with Crippen LogP contribution in [-0.4, -0.2) is 11.4 Å². The van der Waals surface area contributed by atoms with Crippen molar-refractivity contribution in [1.29, 1.82) is 0 Å². The predicted octanol–water partition coefficient (Wildman–Crippen LogP) is 3.40. The molecule has 0 atom stereocenters. The molecule has 0 saturated heterocycles. The van der Waals surface area contributed by atoms with E-state index in [9.17, 15) is 0 Å². The Morgan fingerprint density at radius 2 is 1.93 bits per heavy atom. The maximum absolute atomic E-state index is 5.58. The second-order valence-corrected chi connectivity index (χ2v) is 8.07. The van der Waals surface area contributed by atoms with E-state index in [4.69, 9.17) is 24.1 Å². The summed E-state index contributed by atoms with van der Waals surface area (Å²) < 4.78 is 5.10. The Morgan fingerprint density at radius 3 is 2.57 bits per heavy atom. The van der Waals surface area contributed by atoms with Crippen molar-refractivity contribution in [2.45, 2.75) is 0 Å². The van der Waals surface area contributed by atoms with Gasteiger partial charge in [0.1, 0.15) is 0 Å². The molecular formula is C10H10Cl2ORu. The van der Waals surface area contributed by atoms with Crippen LogP contribution in [-0.2, 0) is 18.3 Å². The SMILES string of the molecule is [Cl][Ru]([Cl])=[CH]OCC=Cc1ccccc1. The van der Waals surface area contributed by atoms with Gasteiger partial charge >= 0.3 is 97.1 Å². The first-order valence-electron chi connectivity index (χ1n) is 3.94. The molecule has 0 radical (unpaired) electrons. The molecule has 0 N–H and O–H groups in total. The molecule has 0 aliphatic carbocycles. The molecule has 1 rings (SSSR count). The van der Waals surface area contributed by atoms with Crippen LogP contribution in [0.25, 0.3) is 6.08 Å². The third-order valence-corrected chi connectivity index (χ3v) is 2.77. The van der Waals surface area contributed by atoms with Crippen LogP contribution in [0.3, 0.4) is 0 Å². The van der Waals surface area contributed by atoms with Gasteiger partial charge in [0.15, 0.2) is 0 Å². The van der Waals surface area contributed by atoms with Crippen LogP contribution in [0.15, 0.2) is 36.4 Å². The van der Waals surface area contributed by atoms with Crippen molar-refractivity contribution in [2.24, 2.45) is 0 Å². The second kappa shape index (κ2) is 7.31.